The van der Waals surface area contributed by atoms with Crippen molar-refractivity contribution in [1.29, 1.82) is 0 Å². The van der Waals surface area contributed by atoms with Crippen LogP contribution < -0.4 is 16.2 Å². The molecule has 3 N–H and O–H groups in total. The average Bonchev–Trinajstić information content (AvgIpc) is 3.42. The summed E-state index contributed by atoms with van der Waals surface area (Å²) in [7, 11) is 0. The second-order valence-electron chi connectivity index (χ2n) is 7.73. The number of pyridine rings is 1. The molecule has 0 bridgehead atoms. The lowest BCUT2D eigenvalue weighted by molar-refractivity contribution is -0.110. The van der Waals surface area contributed by atoms with Gasteiger partial charge in [-0.25, -0.2) is 0 Å². The lowest BCUT2D eigenvalue weighted by Gasteiger charge is -2.06. The average molecular weight is 472 g/mol. The maximum absolute atomic E-state index is 12.6. The van der Waals surface area contributed by atoms with Crippen LogP contribution in [0.15, 0.2) is 82.1 Å². The van der Waals surface area contributed by atoms with E-state index in [9.17, 15) is 14.4 Å². The number of nitrogens with one attached hydrogen (secondary N) is 3. The summed E-state index contributed by atoms with van der Waals surface area (Å²) in [5.41, 5.74) is 3.53. The van der Waals surface area contributed by atoms with E-state index in [0.29, 0.717) is 44.5 Å². The Morgan fingerprint density at radius 2 is 1.91 bits per heavy atom. The number of hydrogen-bond acceptors (Lipinski definition) is 4. The minimum absolute atomic E-state index is 0.223. The highest BCUT2D eigenvalue weighted by atomic mass is 35.5. The summed E-state index contributed by atoms with van der Waals surface area (Å²) in [6.45, 7) is 0.235. The normalized spacial score (nSPS) is 13.6. The Bertz CT molecular complexity index is 1520. The van der Waals surface area contributed by atoms with Gasteiger partial charge in [0.2, 0.25) is 5.56 Å². The molecule has 5 rings (SSSR count). The molecule has 34 heavy (non-hydrogen) atoms. The van der Waals surface area contributed by atoms with E-state index in [-0.39, 0.29) is 23.9 Å². The van der Waals surface area contributed by atoms with Gasteiger partial charge in [-0.2, -0.15) is 0 Å². The number of hydrogen-bond donors (Lipinski definition) is 3. The highest BCUT2D eigenvalue weighted by Gasteiger charge is 2.24. The lowest BCUT2D eigenvalue weighted by atomic mass is 10.1. The van der Waals surface area contributed by atoms with Crippen LogP contribution in [0.1, 0.15) is 27.2 Å². The predicted octanol–water partition coefficient (Wildman–Crippen LogP) is 4.71. The number of halogens is 1. The zero-order valence-electron chi connectivity index (χ0n) is 17.7. The number of anilines is 1. The number of carbonyl (C=O) groups is 2. The van der Waals surface area contributed by atoms with Crippen molar-refractivity contribution in [3.63, 3.8) is 0 Å². The molecule has 2 aromatic heterocycles. The van der Waals surface area contributed by atoms with E-state index < -0.39 is 0 Å². The first-order valence-corrected chi connectivity index (χ1v) is 10.8. The predicted molar refractivity (Wildman–Crippen MR) is 130 cm³/mol. The van der Waals surface area contributed by atoms with E-state index in [1.807, 2.05) is 6.07 Å². The number of rotatable bonds is 5. The second-order valence-corrected chi connectivity index (χ2v) is 8.17. The molecule has 0 saturated heterocycles. The third-order valence-corrected chi connectivity index (χ3v) is 5.61. The molecule has 0 radical (unpaired) electrons. The van der Waals surface area contributed by atoms with Gasteiger partial charge in [0.1, 0.15) is 11.5 Å². The van der Waals surface area contributed by atoms with Gasteiger partial charge in [0, 0.05) is 46.2 Å². The van der Waals surface area contributed by atoms with Crippen LogP contribution in [0.3, 0.4) is 0 Å². The van der Waals surface area contributed by atoms with Crippen molar-refractivity contribution in [2.24, 2.45) is 0 Å². The lowest BCUT2D eigenvalue weighted by Crippen LogP contribution is -2.23. The smallest absolute Gasteiger partial charge is 0.256 e. The molecule has 7 nitrogen and oxygen atoms in total. The Kier molecular flexibility index (Phi) is 5.61. The molecule has 1 aliphatic heterocycles. The van der Waals surface area contributed by atoms with E-state index in [4.69, 9.17) is 16.0 Å². The monoisotopic (exact) mass is 471 g/mol. The van der Waals surface area contributed by atoms with E-state index in [1.165, 1.54) is 12.3 Å². The quantitative estimate of drug-likeness (QED) is 0.366. The van der Waals surface area contributed by atoms with Crippen LogP contribution in [0.25, 0.3) is 23.0 Å². The summed E-state index contributed by atoms with van der Waals surface area (Å²) < 4.78 is 5.94. The highest BCUT2D eigenvalue weighted by molar-refractivity contribution is 6.36. The molecule has 168 valence electrons. The maximum atomic E-state index is 12.6. The van der Waals surface area contributed by atoms with Gasteiger partial charge < -0.3 is 20.0 Å². The standard InChI is InChI=1S/C26H18ClN3O4/c27-18-4-6-22-20(12-18)21(26(33)30-22)13-19-5-7-23(34-19)16-2-1-3-17(11-16)25(32)29-14-15-8-9-28-24(31)10-15/h1-13H,14H2,(H,28,31)(H,29,32)(H,30,33)/b21-13+. The molecule has 0 atom stereocenters. The fraction of sp³-hybridized carbons (Fsp3) is 0.0385. The van der Waals surface area contributed by atoms with Crippen LogP contribution in [0, 0.1) is 0 Å². The van der Waals surface area contributed by atoms with Crippen molar-refractivity contribution in [3.8, 4) is 11.3 Å². The van der Waals surface area contributed by atoms with Crippen LogP contribution in [0.4, 0.5) is 5.69 Å². The molecule has 4 aromatic rings. The minimum atomic E-state index is -0.271. The van der Waals surface area contributed by atoms with Gasteiger partial charge in [0.25, 0.3) is 11.8 Å². The molecule has 0 spiro atoms. The van der Waals surface area contributed by atoms with Crippen molar-refractivity contribution in [2.45, 2.75) is 6.54 Å². The molecular weight excluding hydrogens is 454 g/mol. The molecule has 1 aliphatic rings. The zero-order valence-corrected chi connectivity index (χ0v) is 18.5. The maximum Gasteiger partial charge on any atom is 0.256 e. The summed E-state index contributed by atoms with van der Waals surface area (Å²) >= 11 is 6.09. The van der Waals surface area contributed by atoms with Gasteiger partial charge in [-0.15, -0.1) is 0 Å². The second kappa shape index (κ2) is 8.88. The first kappa shape index (κ1) is 21.5. The summed E-state index contributed by atoms with van der Waals surface area (Å²) in [6, 6.07) is 18.9. The van der Waals surface area contributed by atoms with Gasteiger partial charge in [0.05, 0.1) is 5.57 Å². The third-order valence-electron chi connectivity index (χ3n) is 5.38. The first-order valence-electron chi connectivity index (χ1n) is 10.5. The largest absolute Gasteiger partial charge is 0.457 e. The van der Waals surface area contributed by atoms with Crippen molar-refractivity contribution >= 4 is 40.8 Å². The number of fused-ring (bicyclic) bond motifs is 1. The summed E-state index contributed by atoms with van der Waals surface area (Å²) in [5, 5.41) is 6.15. The molecule has 0 fully saturated rings. The molecule has 2 amide bonds. The first-order chi connectivity index (χ1) is 16.5. The Hall–Kier alpha value is -4.36. The van der Waals surface area contributed by atoms with Crippen molar-refractivity contribution in [3.05, 3.63) is 111 Å². The van der Waals surface area contributed by atoms with E-state index in [0.717, 1.165) is 5.56 Å². The number of furan rings is 1. The van der Waals surface area contributed by atoms with Crippen LogP contribution in [0.2, 0.25) is 5.02 Å². The number of aromatic amines is 1. The molecule has 0 saturated carbocycles. The molecule has 3 heterocycles. The van der Waals surface area contributed by atoms with Gasteiger partial charge in [-0.05, 0) is 60.2 Å². The van der Waals surface area contributed by atoms with Crippen LogP contribution in [0.5, 0.6) is 0 Å². The van der Waals surface area contributed by atoms with Crippen LogP contribution >= 0.6 is 11.6 Å². The molecule has 0 unspecified atom stereocenters. The highest BCUT2D eigenvalue weighted by Crippen LogP contribution is 2.35. The molecule has 2 aromatic carbocycles. The molecule has 8 heteroatoms. The van der Waals surface area contributed by atoms with Crippen molar-refractivity contribution in [1.82, 2.24) is 10.3 Å². The number of H-pyrrole nitrogens is 1. The summed E-state index contributed by atoms with van der Waals surface area (Å²) in [5.74, 6) is 0.555. The van der Waals surface area contributed by atoms with E-state index in [1.54, 1.807) is 60.7 Å². The Labute approximate surface area is 199 Å². The van der Waals surface area contributed by atoms with Crippen molar-refractivity contribution in [2.75, 3.05) is 5.32 Å². The SMILES string of the molecule is O=C1Nc2ccc(Cl)cc2/C1=C\c1ccc(-c2cccc(C(=O)NCc3cc[nH]c(=O)c3)c2)o1. The summed E-state index contributed by atoms with van der Waals surface area (Å²) in [6.07, 6.45) is 3.20. The number of aromatic nitrogens is 1. The molecular formula is C26H18ClN3O4. The number of carbonyl (C=O) groups excluding carboxylic acids is 2. The summed E-state index contributed by atoms with van der Waals surface area (Å²) in [4.78, 5) is 38.9. The van der Waals surface area contributed by atoms with E-state index >= 15 is 0 Å². The van der Waals surface area contributed by atoms with Crippen LogP contribution in [-0.2, 0) is 11.3 Å². The minimum Gasteiger partial charge on any atom is -0.457 e. The van der Waals surface area contributed by atoms with Gasteiger partial charge in [-0.1, -0.05) is 23.7 Å². The Morgan fingerprint density at radius 3 is 2.76 bits per heavy atom. The number of benzene rings is 2. The fourth-order valence-electron chi connectivity index (χ4n) is 3.73. The van der Waals surface area contributed by atoms with Gasteiger partial charge in [-0.3, -0.25) is 14.4 Å². The Morgan fingerprint density at radius 1 is 1.03 bits per heavy atom. The molecule has 0 aliphatic carbocycles. The van der Waals surface area contributed by atoms with E-state index in [2.05, 4.69) is 15.6 Å². The Balaban J connectivity index is 1.35. The van der Waals surface area contributed by atoms with Crippen LogP contribution in [-0.4, -0.2) is 16.8 Å². The third kappa shape index (κ3) is 4.42. The van der Waals surface area contributed by atoms with Crippen molar-refractivity contribution < 1.29 is 14.0 Å². The van der Waals surface area contributed by atoms with Gasteiger partial charge >= 0.3 is 0 Å². The zero-order chi connectivity index (χ0) is 23.7. The number of amides is 2. The topological polar surface area (TPSA) is 104 Å². The fourth-order valence-corrected chi connectivity index (χ4v) is 3.90. The van der Waals surface area contributed by atoms with Gasteiger partial charge in [0.15, 0.2) is 0 Å².